The van der Waals surface area contributed by atoms with Crippen LogP contribution in [-0.4, -0.2) is 39.2 Å². The third-order valence-corrected chi connectivity index (χ3v) is 4.61. The molecule has 0 spiro atoms. The quantitative estimate of drug-likeness (QED) is 0.846. The van der Waals surface area contributed by atoms with Crippen molar-refractivity contribution in [3.05, 3.63) is 34.5 Å². The fourth-order valence-corrected chi connectivity index (χ4v) is 3.34. The molecule has 3 rings (SSSR count). The molecule has 1 aliphatic rings. The predicted molar refractivity (Wildman–Crippen MR) is 83.3 cm³/mol. The average Bonchev–Trinajstić information content (AvgIpc) is 3.26. The number of hydrogen-bond acceptors (Lipinski definition) is 5. The second kappa shape index (κ2) is 6.58. The summed E-state index contributed by atoms with van der Waals surface area (Å²) in [5.74, 6) is -0.0297. The maximum atomic E-state index is 12.7. The Morgan fingerprint density at radius 3 is 3.14 bits per heavy atom. The number of carbonyl (C=O) groups excluding carboxylic acids is 1. The zero-order chi connectivity index (χ0) is 15.5. The number of rotatable bonds is 5. The molecule has 0 aromatic carbocycles. The van der Waals surface area contributed by atoms with Gasteiger partial charge in [0.15, 0.2) is 0 Å². The Bertz CT molecular complexity index is 625. The van der Waals surface area contributed by atoms with Crippen molar-refractivity contribution >= 4 is 17.2 Å². The van der Waals surface area contributed by atoms with Crippen LogP contribution in [0.3, 0.4) is 0 Å². The molecule has 1 aliphatic heterocycles. The maximum Gasteiger partial charge on any atom is 0.228 e. The monoisotopic (exact) mass is 320 g/mol. The minimum absolute atomic E-state index is 0.111. The normalized spacial score (nSPS) is 21.2. The van der Waals surface area contributed by atoms with Crippen LogP contribution in [0, 0.1) is 5.92 Å². The number of amides is 1. The van der Waals surface area contributed by atoms with Crippen molar-refractivity contribution < 1.29 is 9.53 Å². The van der Waals surface area contributed by atoms with E-state index in [0.29, 0.717) is 13.2 Å². The molecule has 0 saturated carbocycles. The molecule has 1 saturated heterocycles. The minimum atomic E-state index is -0.189. The molecule has 3 heterocycles. The Hall–Kier alpha value is -1.73. The third-order valence-electron chi connectivity index (χ3n) is 3.97. The van der Waals surface area contributed by atoms with Crippen LogP contribution in [0.4, 0.5) is 0 Å². The molecular weight excluding hydrogens is 300 g/mol. The van der Waals surface area contributed by atoms with Crippen molar-refractivity contribution in [1.82, 2.24) is 19.7 Å². The van der Waals surface area contributed by atoms with Gasteiger partial charge in [0.2, 0.25) is 5.91 Å². The number of aryl methyl sites for hydroxylation is 1. The molecule has 1 fully saturated rings. The van der Waals surface area contributed by atoms with E-state index in [1.54, 1.807) is 27.9 Å². The fraction of sp³-hybridized carbons (Fsp3) is 0.533. The lowest BCUT2D eigenvalue weighted by Crippen LogP contribution is -2.34. The van der Waals surface area contributed by atoms with Crippen LogP contribution in [0.25, 0.3) is 0 Å². The Kier molecular flexibility index (Phi) is 4.54. The number of hydrogen-bond donors (Lipinski definition) is 0. The predicted octanol–water partition coefficient (Wildman–Crippen LogP) is 2.10. The Morgan fingerprint density at radius 2 is 2.45 bits per heavy atom. The van der Waals surface area contributed by atoms with Crippen molar-refractivity contribution in [3.63, 3.8) is 0 Å². The van der Waals surface area contributed by atoms with Crippen LogP contribution < -0.4 is 0 Å². The summed E-state index contributed by atoms with van der Waals surface area (Å²) in [7, 11) is 1.83. The standard InChI is InChI=1S/C15H20N4O2S/c1-3-19-7-11(6-17-19)14-13(4-5-21-14)15(20)18(2)8-12-9-22-10-16-12/h6-7,9-10,13-14H,3-5,8H2,1-2H3/t13-,14+/m0/s1. The number of carbonyl (C=O) groups is 1. The van der Waals surface area contributed by atoms with Gasteiger partial charge in [0.05, 0.1) is 36.0 Å². The van der Waals surface area contributed by atoms with Gasteiger partial charge in [-0.05, 0) is 13.3 Å². The Balaban J connectivity index is 1.70. The fourth-order valence-electron chi connectivity index (χ4n) is 2.79. The van der Waals surface area contributed by atoms with Gasteiger partial charge in [-0.15, -0.1) is 11.3 Å². The van der Waals surface area contributed by atoms with Gasteiger partial charge in [0.1, 0.15) is 0 Å². The van der Waals surface area contributed by atoms with Crippen LogP contribution in [0.5, 0.6) is 0 Å². The zero-order valence-corrected chi connectivity index (χ0v) is 13.6. The van der Waals surface area contributed by atoms with E-state index in [4.69, 9.17) is 4.74 Å². The molecule has 0 aliphatic carbocycles. The van der Waals surface area contributed by atoms with Gasteiger partial charge in [-0.25, -0.2) is 4.98 Å². The van der Waals surface area contributed by atoms with E-state index in [2.05, 4.69) is 10.1 Å². The minimum Gasteiger partial charge on any atom is -0.373 e. The molecule has 2 atom stereocenters. The molecule has 2 aromatic heterocycles. The summed E-state index contributed by atoms with van der Waals surface area (Å²) in [5.41, 5.74) is 3.70. The molecule has 6 nitrogen and oxygen atoms in total. The zero-order valence-electron chi connectivity index (χ0n) is 12.8. The highest BCUT2D eigenvalue weighted by atomic mass is 32.1. The van der Waals surface area contributed by atoms with E-state index in [0.717, 1.165) is 24.2 Å². The lowest BCUT2D eigenvalue weighted by Gasteiger charge is -2.23. The molecule has 0 unspecified atom stereocenters. The van der Waals surface area contributed by atoms with Gasteiger partial charge in [0, 0.05) is 37.3 Å². The summed E-state index contributed by atoms with van der Waals surface area (Å²) in [5, 5.41) is 6.25. The highest BCUT2D eigenvalue weighted by molar-refractivity contribution is 7.07. The SMILES string of the molecule is CCn1cc([C@H]2OCC[C@@H]2C(=O)N(C)Cc2cscn2)cn1. The molecule has 118 valence electrons. The van der Waals surface area contributed by atoms with Crippen molar-refractivity contribution in [2.24, 2.45) is 5.92 Å². The van der Waals surface area contributed by atoms with Crippen molar-refractivity contribution in [1.29, 1.82) is 0 Å². The van der Waals surface area contributed by atoms with Crippen molar-refractivity contribution in [2.75, 3.05) is 13.7 Å². The van der Waals surface area contributed by atoms with Crippen LogP contribution >= 0.6 is 11.3 Å². The second-order valence-electron chi connectivity index (χ2n) is 5.49. The van der Waals surface area contributed by atoms with Gasteiger partial charge < -0.3 is 9.64 Å². The molecule has 0 bridgehead atoms. The first-order chi connectivity index (χ1) is 10.7. The van der Waals surface area contributed by atoms with E-state index in [-0.39, 0.29) is 17.9 Å². The highest BCUT2D eigenvalue weighted by Gasteiger charge is 2.37. The van der Waals surface area contributed by atoms with Crippen molar-refractivity contribution in [2.45, 2.75) is 32.5 Å². The molecule has 2 aromatic rings. The summed E-state index contributed by atoms with van der Waals surface area (Å²) < 4.78 is 7.66. The van der Waals surface area contributed by atoms with E-state index in [1.807, 2.05) is 30.2 Å². The van der Waals surface area contributed by atoms with E-state index >= 15 is 0 Å². The average molecular weight is 320 g/mol. The molecular formula is C15H20N4O2S. The summed E-state index contributed by atoms with van der Waals surface area (Å²) in [6.45, 7) is 4.01. The summed E-state index contributed by atoms with van der Waals surface area (Å²) >= 11 is 1.54. The number of thiazole rings is 1. The van der Waals surface area contributed by atoms with Gasteiger partial charge in [0.25, 0.3) is 0 Å². The van der Waals surface area contributed by atoms with E-state index in [9.17, 15) is 4.79 Å². The molecule has 7 heteroatoms. The molecule has 1 amide bonds. The molecule has 22 heavy (non-hydrogen) atoms. The highest BCUT2D eigenvalue weighted by Crippen LogP contribution is 2.35. The van der Waals surface area contributed by atoms with Crippen LogP contribution in [0.2, 0.25) is 0 Å². The lowest BCUT2D eigenvalue weighted by molar-refractivity contribution is -0.136. The largest absolute Gasteiger partial charge is 0.373 e. The number of nitrogens with zero attached hydrogens (tertiary/aromatic N) is 4. The first kappa shape index (κ1) is 15.2. The van der Waals surface area contributed by atoms with Crippen LogP contribution in [-0.2, 0) is 22.6 Å². The lowest BCUT2D eigenvalue weighted by atomic mass is 9.96. The summed E-state index contributed by atoms with van der Waals surface area (Å²) in [4.78, 5) is 18.7. The maximum absolute atomic E-state index is 12.7. The third kappa shape index (κ3) is 3.05. The van der Waals surface area contributed by atoms with Crippen LogP contribution in [0.15, 0.2) is 23.3 Å². The summed E-state index contributed by atoms with van der Waals surface area (Å²) in [6, 6.07) is 0. The van der Waals surface area contributed by atoms with E-state index in [1.165, 1.54) is 0 Å². The van der Waals surface area contributed by atoms with Gasteiger partial charge in [-0.1, -0.05) is 0 Å². The first-order valence-corrected chi connectivity index (χ1v) is 8.39. The van der Waals surface area contributed by atoms with Crippen LogP contribution in [0.1, 0.15) is 30.7 Å². The Labute approximate surface area is 133 Å². The second-order valence-corrected chi connectivity index (χ2v) is 6.21. The number of ether oxygens (including phenoxy) is 1. The van der Waals surface area contributed by atoms with Gasteiger partial charge in [-0.3, -0.25) is 9.48 Å². The van der Waals surface area contributed by atoms with Gasteiger partial charge in [-0.2, -0.15) is 5.10 Å². The topological polar surface area (TPSA) is 60.2 Å². The Morgan fingerprint density at radius 1 is 1.59 bits per heavy atom. The van der Waals surface area contributed by atoms with Gasteiger partial charge >= 0.3 is 0 Å². The number of aromatic nitrogens is 3. The molecule has 0 radical (unpaired) electrons. The summed E-state index contributed by atoms with van der Waals surface area (Å²) in [6.07, 6.45) is 4.34. The first-order valence-electron chi connectivity index (χ1n) is 7.45. The molecule has 0 N–H and O–H groups in total. The smallest absolute Gasteiger partial charge is 0.228 e. The van der Waals surface area contributed by atoms with Crippen molar-refractivity contribution in [3.8, 4) is 0 Å². The van der Waals surface area contributed by atoms with E-state index < -0.39 is 0 Å².